The highest BCUT2D eigenvalue weighted by molar-refractivity contribution is 8.00. The van der Waals surface area contributed by atoms with Gasteiger partial charge in [0.25, 0.3) is 0 Å². The van der Waals surface area contributed by atoms with Crippen molar-refractivity contribution in [1.82, 2.24) is 14.6 Å². The van der Waals surface area contributed by atoms with Gasteiger partial charge in [0.2, 0.25) is 21.8 Å². The van der Waals surface area contributed by atoms with Crippen LogP contribution in [0.25, 0.3) is 0 Å². The van der Waals surface area contributed by atoms with Gasteiger partial charge in [-0.05, 0) is 31.2 Å². The van der Waals surface area contributed by atoms with E-state index in [9.17, 15) is 18.0 Å². The molecule has 0 bridgehead atoms. The van der Waals surface area contributed by atoms with Crippen molar-refractivity contribution in [1.29, 1.82) is 0 Å². The number of nitrogens with one attached hydrogen (secondary N) is 2. The molecule has 0 aliphatic carbocycles. The van der Waals surface area contributed by atoms with E-state index in [-0.39, 0.29) is 29.1 Å². The smallest absolute Gasteiger partial charge is 0.244 e. The number of carbonyl (C=O) groups excluding carboxylic acids is 2. The molecule has 2 N–H and O–H groups in total. The van der Waals surface area contributed by atoms with E-state index in [1.807, 2.05) is 12.3 Å². The molecule has 156 valence electrons. The predicted molar refractivity (Wildman–Crippen MR) is 114 cm³/mol. The zero-order chi connectivity index (χ0) is 21.0. The molecule has 1 aromatic heterocycles. The average molecular weight is 455 g/mol. The maximum Gasteiger partial charge on any atom is 0.244 e. The summed E-state index contributed by atoms with van der Waals surface area (Å²) < 4.78 is 27.3. The zero-order valence-corrected chi connectivity index (χ0v) is 18.5. The molecule has 0 radical (unpaired) electrons. The molecule has 1 fully saturated rings. The Balaban J connectivity index is 1.69. The van der Waals surface area contributed by atoms with Crippen LogP contribution in [0.1, 0.15) is 24.0 Å². The molecule has 0 unspecified atom stereocenters. The van der Waals surface area contributed by atoms with E-state index < -0.39 is 16.1 Å². The summed E-state index contributed by atoms with van der Waals surface area (Å²) in [5.41, 5.74) is 1.28. The van der Waals surface area contributed by atoms with Gasteiger partial charge in [-0.25, -0.2) is 13.4 Å². The van der Waals surface area contributed by atoms with Gasteiger partial charge < -0.3 is 10.6 Å². The van der Waals surface area contributed by atoms with Gasteiger partial charge in [0, 0.05) is 23.2 Å². The van der Waals surface area contributed by atoms with Gasteiger partial charge in [-0.2, -0.15) is 4.31 Å². The molecule has 0 spiro atoms. The Morgan fingerprint density at radius 1 is 1.28 bits per heavy atom. The quantitative estimate of drug-likeness (QED) is 0.664. The maximum absolute atomic E-state index is 13.1. The van der Waals surface area contributed by atoms with E-state index in [1.54, 1.807) is 19.1 Å². The van der Waals surface area contributed by atoms with E-state index in [2.05, 4.69) is 15.6 Å². The van der Waals surface area contributed by atoms with Crippen LogP contribution in [0.3, 0.4) is 0 Å². The normalized spacial score (nSPS) is 17.2. The molecule has 3 rings (SSSR count). The number of rotatable bonds is 7. The molecule has 0 saturated carbocycles. The lowest BCUT2D eigenvalue weighted by molar-refractivity contribution is -0.124. The minimum absolute atomic E-state index is 0.0856. The summed E-state index contributed by atoms with van der Waals surface area (Å²) in [6.07, 6.45) is 0.336. The van der Waals surface area contributed by atoms with Gasteiger partial charge in [0.15, 0.2) is 0 Å². The Morgan fingerprint density at radius 2 is 2.00 bits per heavy atom. The molecule has 1 aliphatic rings. The Hall–Kier alpha value is -1.95. The highest BCUT2D eigenvalue weighted by Crippen LogP contribution is 2.29. The second-order valence-corrected chi connectivity index (χ2v) is 10.4. The summed E-state index contributed by atoms with van der Waals surface area (Å²) in [5, 5.41) is 8.24. The Bertz CT molecular complexity index is 989. The van der Waals surface area contributed by atoms with E-state index in [1.165, 1.54) is 39.5 Å². The molecule has 1 aromatic carbocycles. The van der Waals surface area contributed by atoms with Crippen molar-refractivity contribution in [2.75, 3.05) is 16.9 Å². The van der Waals surface area contributed by atoms with Crippen molar-refractivity contribution in [2.24, 2.45) is 0 Å². The summed E-state index contributed by atoms with van der Waals surface area (Å²) in [5.74, 6) is 0.121. The van der Waals surface area contributed by atoms with E-state index in [4.69, 9.17) is 0 Å². The van der Waals surface area contributed by atoms with Crippen LogP contribution in [0.5, 0.6) is 0 Å². The number of thiazole rings is 1. The zero-order valence-electron chi connectivity index (χ0n) is 16.0. The number of thioether (sulfide) groups is 1. The van der Waals surface area contributed by atoms with Crippen LogP contribution in [0, 0.1) is 6.92 Å². The second kappa shape index (κ2) is 9.24. The lowest BCUT2D eigenvalue weighted by Crippen LogP contribution is -2.46. The lowest BCUT2D eigenvalue weighted by Gasteiger charge is -2.22. The molecular formula is C18H22N4O4S3. The van der Waals surface area contributed by atoms with Gasteiger partial charge >= 0.3 is 0 Å². The Morgan fingerprint density at radius 3 is 2.62 bits per heavy atom. The SMILES string of the molecule is CCC(=O)Nc1ccc(S(=O)(=O)N2CSC[C@@H]2C(=O)NCc2csc(C)n2)cc1. The first-order chi connectivity index (χ1) is 13.8. The lowest BCUT2D eigenvalue weighted by atomic mass is 10.3. The fourth-order valence-electron chi connectivity index (χ4n) is 2.75. The number of carbonyl (C=O) groups is 2. The fraction of sp³-hybridized carbons (Fsp3) is 0.389. The molecule has 29 heavy (non-hydrogen) atoms. The number of aryl methyl sites for hydroxylation is 1. The third-order valence-electron chi connectivity index (χ3n) is 4.32. The standard InChI is InChI=1S/C18H22N4O4S3/c1-3-17(23)21-13-4-6-15(7-5-13)29(25,26)22-11-27-10-16(22)18(24)19-8-14-9-28-12(2)20-14/h4-7,9,16H,3,8,10-11H2,1-2H3,(H,19,24)(H,21,23)/t16-/m1/s1. The molecule has 2 heterocycles. The van der Waals surface area contributed by atoms with Gasteiger partial charge in [0.1, 0.15) is 6.04 Å². The van der Waals surface area contributed by atoms with Crippen LogP contribution in [-0.4, -0.2) is 47.2 Å². The third-order valence-corrected chi connectivity index (χ3v) is 8.19. The van der Waals surface area contributed by atoms with Crippen molar-refractivity contribution in [3.05, 3.63) is 40.3 Å². The minimum atomic E-state index is -3.84. The fourth-order valence-corrected chi connectivity index (χ4v) is 6.51. The molecule has 1 aliphatic heterocycles. The summed E-state index contributed by atoms with van der Waals surface area (Å²) in [6.45, 7) is 3.89. The molecule has 1 atom stereocenters. The van der Waals surface area contributed by atoms with E-state index >= 15 is 0 Å². The Kier molecular flexibility index (Phi) is 6.93. The first kappa shape index (κ1) is 21.8. The maximum atomic E-state index is 13.1. The van der Waals surface area contributed by atoms with Gasteiger partial charge in [-0.1, -0.05) is 6.92 Å². The average Bonchev–Trinajstić information content (AvgIpc) is 3.36. The number of aromatic nitrogens is 1. The number of hydrogen-bond donors (Lipinski definition) is 2. The molecular weight excluding hydrogens is 432 g/mol. The summed E-state index contributed by atoms with van der Waals surface area (Å²) in [7, 11) is -3.84. The highest BCUT2D eigenvalue weighted by atomic mass is 32.2. The van der Waals surface area contributed by atoms with Gasteiger partial charge in [0.05, 0.1) is 28.0 Å². The van der Waals surface area contributed by atoms with Crippen LogP contribution in [0.2, 0.25) is 0 Å². The summed E-state index contributed by atoms with van der Waals surface area (Å²) in [4.78, 5) is 28.5. The topological polar surface area (TPSA) is 108 Å². The monoisotopic (exact) mass is 454 g/mol. The first-order valence-electron chi connectivity index (χ1n) is 8.99. The van der Waals surface area contributed by atoms with Crippen LogP contribution in [-0.2, 0) is 26.2 Å². The molecule has 2 aromatic rings. The van der Waals surface area contributed by atoms with Crippen molar-refractivity contribution in [2.45, 2.75) is 37.8 Å². The van der Waals surface area contributed by atoms with Crippen LogP contribution in [0.4, 0.5) is 5.69 Å². The molecule has 2 amide bonds. The Labute approximate surface area is 178 Å². The molecule has 11 heteroatoms. The van der Waals surface area contributed by atoms with Crippen molar-refractivity contribution < 1.29 is 18.0 Å². The molecule has 1 saturated heterocycles. The number of hydrogen-bond acceptors (Lipinski definition) is 7. The largest absolute Gasteiger partial charge is 0.349 e. The van der Waals surface area contributed by atoms with E-state index in [0.29, 0.717) is 17.9 Å². The third kappa shape index (κ3) is 5.16. The number of sulfonamides is 1. The van der Waals surface area contributed by atoms with E-state index in [0.717, 1.165) is 10.7 Å². The first-order valence-corrected chi connectivity index (χ1v) is 12.5. The van der Waals surface area contributed by atoms with Crippen LogP contribution in [0.15, 0.2) is 34.5 Å². The van der Waals surface area contributed by atoms with Gasteiger partial charge in [-0.15, -0.1) is 23.1 Å². The van der Waals surface area contributed by atoms with Crippen LogP contribution < -0.4 is 10.6 Å². The number of anilines is 1. The summed E-state index contributed by atoms with van der Waals surface area (Å²) in [6, 6.07) is 5.20. The van der Waals surface area contributed by atoms with Crippen molar-refractivity contribution >= 4 is 50.6 Å². The van der Waals surface area contributed by atoms with Crippen molar-refractivity contribution in [3.8, 4) is 0 Å². The highest BCUT2D eigenvalue weighted by Gasteiger charge is 2.39. The minimum Gasteiger partial charge on any atom is -0.349 e. The second-order valence-electron chi connectivity index (χ2n) is 6.41. The number of amides is 2. The van der Waals surface area contributed by atoms with Crippen LogP contribution >= 0.6 is 23.1 Å². The number of nitrogens with zero attached hydrogens (tertiary/aromatic N) is 2. The van der Waals surface area contributed by atoms with Gasteiger partial charge in [-0.3, -0.25) is 9.59 Å². The predicted octanol–water partition coefficient (Wildman–Crippen LogP) is 2.18. The molecule has 8 nitrogen and oxygen atoms in total. The van der Waals surface area contributed by atoms with Crippen molar-refractivity contribution in [3.63, 3.8) is 0 Å². The number of benzene rings is 1. The summed E-state index contributed by atoms with van der Waals surface area (Å²) >= 11 is 2.89.